The number of nitrogens with zero attached hydrogens (tertiary/aromatic N) is 6. The molecule has 0 aromatic carbocycles. The van der Waals surface area contributed by atoms with Gasteiger partial charge in [-0.3, -0.25) is 4.98 Å². The van der Waals surface area contributed by atoms with Crippen LogP contribution in [0.5, 0.6) is 0 Å². The predicted molar refractivity (Wildman–Crippen MR) is 93.4 cm³/mol. The van der Waals surface area contributed by atoms with Crippen LogP contribution in [0.1, 0.15) is 30.4 Å². The third-order valence-electron chi connectivity index (χ3n) is 4.48. The van der Waals surface area contributed by atoms with Crippen molar-refractivity contribution in [1.29, 1.82) is 0 Å². The molecule has 0 spiro atoms. The second-order valence-corrected chi connectivity index (χ2v) is 8.60. The van der Waals surface area contributed by atoms with Crippen molar-refractivity contribution < 1.29 is 8.42 Å². The van der Waals surface area contributed by atoms with E-state index in [4.69, 9.17) is 0 Å². The summed E-state index contributed by atoms with van der Waals surface area (Å²) in [5.41, 5.74) is 0. The lowest BCUT2D eigenvalue weighted by atomic mass is 9.99. The average molecular weight is 364 g/mol. The molecule has 136 valence electrons. The summed E-state index contributed by atoms with van der Waals surface area (Å²) >= 11 is 0. The van der Waals surface area contributed by atoms with E-state index in [0.29, 0.717) is 19.6 Å². The van der Waals surface area contributed by atoms with Crippen LogP contribution >= 0.6 is 0 Å². The van der Waals surface area contributed by atoms with E-state index in [1.165, 1.54) is 6.20 Å². The van der Waals surface area contributed by atoms with Crippen LogP contribution in [0.3, 0.4) is 0 Å². The molecule has 0 N–H and O–H groups in total. The Balaban J connectivity index is 1.81. The molecular formula is C16H24N6O2S. The second-order valence-electron chi connectivity index (χ2n) is 6.66. The fraction of sp³-hybridized carbons (Fsp3) is 0.562. The van der Waals surface area contributed by atoms with Gasteiger partial charge >= 0.3 is 0 Å². The minimum Gasteiger partial charge on any atom is -0.317 e. The normalized spacial score (nSPS) is 19.4. The van der Waals surface area contributed by atoms with E-state index in [2.05, 4.69) is 15.2 Å². The Morgan fingerprint density at radius 1 is 1.32 bits per heavy atom. The highest BCUT2D eigenvalue weighted by atomic mass is 32.2. The van der Waals surface area contributed by atoms with Gasteiger partial charge in [0.25, 0.3) is 0 Å². The molecule has 1 aliphatic heterocycles. The molecule has 1 aliphatic rings. The number of sulfonamides is 1. The Hall–Kier alpha value is -1.84. The van der Waals surface area contributed by atoms with E-state index >= 15 is 0 Å². The SMILES string of the molecule is CN(C)Cc1nnc(C2CCCN(S(=O)(=O)c3cccnc3)C2)n1C. The Labute approximate surface area is 148 Å². The number of aromatic nitrogens is 4. The first-order valence-corrected chi connectivity index (χ1v) is 9.76. The van der Waals surface area contributed by atoms with Crippen LogP contribution in [0.2, 0.25) is 0 Å². The van der Waals surface area contributed by atoms with Gasteiger partial charge < -0.3 is 9.47 Å². The van der Waals surface area contributed by atoms with Gasteiger partial charge in [-0.2, -0.15) is 4.31 Å². The highest BCUT2D eigenvalue weighted by molar-refractivity contribution is 7.89. The van der Waals surface area contributed by atoms with Crippen molar-refractivity contribution in [3.63, 3.8) is 0 Å². The van der Waals surface area contributed by atoms with Crippen molar-refractivity contribution in [3.8, 4) is 0 Å². The van der Waals surface area contributed by atoms with E-state index in [1.54, 1.807) is 22.6 Å². The molecule has 2 aromatic heterocycles. The van der Waals surface area contributed by atoms with E-state index in [-0.39, 0.29) is 10.8 Å². The largest absolute Gasteiger partial charge is 0.317 e. The lowest BCUT2D eigenvalue weighted by Crippen LogP contribution is -2.39. The minimum atomic E-state index is -3.52. The summed E-state index contributed by atoms with van der Waals surface area (Å²) in [6, 6.07) is 3.23. The molecule has 0 amide bonds. The molecule has 8 nitrogen and oxygen atoms in total. The molecule has 3 heterocycles. The lowest BCUT2D eigenvalue weighted by molar-refractivity contribution is 0.305. The summed E-state index contributed by atoms with van der Waals surface area (Å²) in [5, 5.41) is 8.60. The van der Waals surface area contributed by atoms with Gasteiger partial charge in [-0.05, 0) is 39.1 Å². The van der Waals surface area contributed by atoms with Crippen LogP contribution in [0.4, 0.5) is 0 Å². The van der Waals surface area contributed by atoms with Crippen LogP contribution in [-0.2, 0) is 23.6 Å². The molecule has 0 bridgehead atoms. The second kappa shape index (κ2) is 7.19. The van der Waals surface area contributed by atoms with Crippen LogP contribution in [0, 0.1) is 0 Å². The van der Waals surface area contributed by atoms with Crippen molar-refractivity contribution in [3.05, 3.63) is 36.2 Å². The van der Waals surface area contributed by atoms with Gasteiger partial charge in [0.15, 0.2) is 0 Å². The maximum atomic E-state index is 12.8. The minimum absolute atomic E-state index is 0.0496. The van der Waals surface area contributed by atoms with Gasteiger partial charge in [-0.1, -0.05) is 0 Å². The van der Waals surface area contributed by atoms with Crippen molar-refractivity contribution >= 4 is 10.0 Å². The monoisotopic (exact) mass is 364 g/mol. The van der Waals surface area contributed by atoms with E-state index in [1.807, 2.05) is 30.6 Å². The zero-order valence-electron chi connectivity index (χ0n) is 14.8. The lowest BCUT2D eigenvalue weighted by Gasteiger charge is -2.31. The van der Waals surface area contributed by atoms with E-state index < -0.39 is 10.0 Å². The Morgan fingerprint density at radius 2 is 2.12 bits per heavy atom. The van der Waals surface area contributed by atoms with Crippen molar-refractivity contribution in [1.82, 2.24) is 29.0 Å². The fourth-order valence-electron chi connectivity index (χ4n) is 3.17. The van der Waals surface area contributed by atoms with Crippen LogP contribution < -0.4 is 0 Å². The Morgan fingerprint density at radius 3 is 2.80 bits per heavy atom. The summed E-state index contributed by atoms with van der Waals surface area (Å²) in [6.45, 7) is 1.65. The molecule has 1 saturated heterocycles. The molecular weight excluding hydrogens is 340 g/mol. The van der Waals surface area contributed by atoms with Gasteiger partial charge in [0, 0.05) is 38.4 Å². The van der Waals surface area contributed by atoms with Gasteiger partial charge in [0.1, 0.15) is 16.5 Å². The summed E-state index contributed by atoms with van der Waals surface area (Å²) in [5.74, 6) is 1.78. The fourth-order valence-corrected chi connectivity index (χ4v) is 4.66. The van der Waals surface area contributed by atoms with Crippen LogP contribution in [-0.4, -0.2) is 64.6 Å². The van der Waals surface area contributed by atoms with Gasteiger partial charge in [0.05, 0.1) is 6.54 Å². The molecule has 9 heteroatoms. The van der Waals surface area contributed by atoms with Gasteiger partial charge in [0.2, 0.25) is 10.0 Å². The molecule has 2 aromatic rings. The number of hydrogen-bond donors (Lipinski definition) is 0. The highest BCUT2D eigenvalue weighted by Crippen LogP contribution is 2.29. The molecule has 0 radical (unpaired) electrons. The first kappa shape index (κ1) is 18.0. The molecule has 0 saturated carbocycles. The zero-order chi connectivity index (χ0) is 18.0. The molecule has 1 unspecified atom stereocenters. The molecule has 1 fully saturated rings. The van der Waals surface area contributed by atoms with Gasteiger partial charge in [-0.15, -0.1) is 10.2 Å². The standard InChI is InChI=1S/C16H24N6O2S/c1-20(2)12-15-18-19-16(21(15)3)13-6-5-9-22(11-13)25(23,24)14-7-4-8-17-10-14/h4,7-8,10,13H,5-6,9,11-12H2,1-3H3. The van der Waals surface area contributed by atoms with Crippen LogP contribution in [0.25, 0.3) is 0 Å². The summed E-state index contributed by atoms with van der Waals surface area (Å²) in [7, 11) is 2.39. The number of piperidine rings is 1. The molecule has 25 heavy (non-hydrogen) atoms. The first-order chi connectivity index (χ1) is 11.9. The highest BCUT2D eigenvalue weighted by Gasteiger charge is 2.33. The smallest absolute Gasteiger partial charge is 0.244 e. The topological polar surface area (TPSA) is 84.2 Å². The quantitative estimate of drug-likeness (QED) is 0.782. The first-order valence-electron chi connectivity index (χ1n) is 8.32. The van der Waals surface area contributed by atoms with E-state index in [0.717, 1.165) is 24.5 Å². The summed E-state index contributed by atoms with van der Waals surface area (Å²) < 4.78 is 29.2. The average Bonchev–Trinajstić information content (AvgIpc) is 2.96. The molecule has 0 aliphatic carbocycles. The zero-order valence-corrected chi connectivity index (χ0v) is 15.6. The maximum Gasteiger partial charge on any atom is 0.244 e. The maximum absolute atomic E-state index is 12.8. The third kappa shape index (κ3) is 3.73. The van der Waals surface area contributed by atoms with Gasteiger partial charge in [-0.25, -0.2) is 8.42 Å². The van der Waals surface area contributed by atoms with Crippen molar-refractivity contribution in [2.24, 2.45) is 7.05 Å². The summed E-state index contributed by atoms with van der Waals surface area (Å²) in [6.07, 6.45) is 4.69. The predicted octanol–water partition coefficient (Wildman–Crippen LogP) is 0.840. The Bertz CT molecular complexity index is 818. The van der Waals surface area contributed by atoms with Crippen molar-refractivity contribution in [2.75, 3.05) is 27.2 Å². The molecule has 1 atom stereocenters. The third-order valence-corrected chi connectivity index (χ3v) is 6.33. The number of pyridine rings is 1. The summed E-state index contributed by atoms with van der Waals surface area (Å²) in [4.78, 5) is 6.20. The van der Waals surface area contributed by atoms with E-state index in [9.17, 15) is 8.42 Å². The van der Waals surface area contributed by atoms with Crippen molar-refractivity contribution in [2.45, 2.75) is 30.2 Å². The molecule has 3 rings (SSSR count). The number of rotatable bonds is 5. The van der Waals surface area contributed by atoms with Crippen LogP contribution in [0.15, 0.2) is 29.4 Å². The Kier molecular flexibility index (Phi) is 5.16. The number of hydrogen-bond acceptors (Lipinski definition) is 6.